The fourth-order valence-corrected chi connectivity index (χ4v) is 2.80. The molecule has 24 heavy (non-hydrogen) atoms. The molecule has 2 N–H and O–H groups in total. The Morgan fingerprint density at radius 1 is 1.25 bits per heavy atom. The first kappa shape index (κ1) is 20.9. The molecule has 0 heterocycles. The van der Waals surface area contributed by atoms with Crippen molar-refractivity contribution in [3.63, 3.8) is 0 Å². The third-order valence-corrected chi connectivity index (χ3v) is 4.41. The maximum absolute atomic E-state index is 10.4. The normalized spacial score (nSPS) is 19.8. The van der Waals surface area contributed by atoms with Gasteiger partial charge in [0.05, 0.1) is 21.6 Å². The number of halogens is 2. The van der Waals surface area contributed by atoms with E-state index in [0.29, 0.717) is 10.0 Å². The summed E-state index contributed by atoms with van der Waals surface area (Å²) in [5.41, 5.74) is 0.979. The number of hydrogen-bond donors (Lipinski definition) is 2. The molecule has 1 aliphatic rings. The van der Waals surface area contributed by atoms with Gasteiger partial charge in [-0.3, -0.25) is 5.32 Å². The van der Waals surface area contributed by atoms with Gasteiger partial charge in [0.25, 0.3) is 0 Å². The molecule has 0 amide bonds. The lowest BCUT2D eigenvalue weighted by Crippen LogP contribution is -2.43. The number of ether oxygens (including phenoxy) is 1. The summed E-state index contributed by atoms with van der Waals surface area (Å²) in [6.45, 7) is -0.344. The topological polar surface area (TPSA) is 92.7 Å². The van der Waals surface area contributed by atoms with Gasteiger partial charge >= 0.3 is 5.97 Å². The summed E-state index contributed by atoms with van der Waals surface area (Å²) in [4.78, 5) is 10.4. The summed E-state index contributed by atoms with van der Waals surface area (Å²) in [5.74, 6) is -1.01. The summed E-state index contributed by atoms with van der Waals surface area (Å²) in [6.07, 6.45) is 3.28. The largest absolute Gasteiger partial charge is 0.480 e. The van der Waals surface area contributed by atoms with E-state index in [1.165, 1.54) is 0 Å². The third kappa shape index (κ3) is 8.65. The minimum Gasteiger partial charge on any atom is -0.480 e. The zero-order valence-electron chi connectivity index (χ0n) is 12.8. The SMILES string of the molecule is Clc1ccccc1Cl.O=C(O)COC1CCCCC1NC=S(=O)=O. The van der Waals surface area contributed by atoms with Gasteiger partial charge in [0.2, 0.25) is 10.3 Å². The van der Waals surface area contributed by atoms with Crippen LogP contribution in [0.1, 0.15) is 25.7 Å². The number of rotatable bonds is 5. The molecular formula is C15H19Cl2NO5S. The van der Waals surface area contributed by atoms with Crippen LogP contribution < -0.4 is 5.32 Å². The Kier molecular flexibility index (Phi) is 9.97. The third-order valence-electron chi connectivity index (χ3n) is 3.33. The highest BCUT2D eigenvalue weighted by atomic mass is 35.5. The van der Waals surface area contributed by atoms with Crippen molar-refractivity contribution in [2.75, 3.05) is 6.61 Å². The highest BCUT2D eigenvalue weighted by Crippen LogP contribution is 2.21. The van der Waals surface area contributed by atoms with Gasteiger partial charge in [-0.15, -0.1) is 0 Å². The molecule has 1 fully saturated rings. The predicted molar refractivity (Wildman–Crippen MR) is 94.2 cm³/mol. The Morgan fingerprint density at radius 2 is 1.83 bits per heavy atom. The summed E-state index contributed by atoms with van der Waals surface area (Å²) >= 11 is 11.2. The number of carbonyl (C=O) groups is 1. The van der Waals surface area contributed by atoms with Gasteiger partial charge in [-0.1, -0.05) is 48.2 Å². The average molecular weight is 396 g/mol. The van der Waals surface area contributed by atoms with E-state index >= 15 is 0 Å². The Bertz CT molecular complexity index is 637. The molecule has 1 aromatic rings. The van der Waals surface area contributed by atoms with E-state index in [9.17, 15) is 13.2 Å². The molecule has 0 aromatic heterocycles. The standard InChI is InChI=1S/C9H15NO5S.C6H4Cl2/c11-9(12)5-15-8-4-2-1-3-7(8)10-6-16(13)14;7-5-3-1-2-4-6(5)8/h6-8,10H,1-5H2,(H,11,12);1-4H. The van der Waals surface area contributed by atoms with Crippen molar-refractivity contribution in [2.24, 2.45) is 0 Å². The van der Waals surface area contributed by atoms with Gasteiger partial charge in [-0.05, 0) is 25.0 Å². The Hall–Kier alpha value is -1.12. The minimum absolute atomic E-state index is 0.119. The van der Waals surface area contributed by atoms with Crippen molar-refractivity contribution in [1.29, 1.82) is 0 Å². The van der Waals surface area contributed by atoms with E-state index in [2.05, 4.69) is 5.32 Å². The fraction of sp³-hybridized carbons (Fsp3) is 0.467. The van der Waals surface area contributed by atoms with E-state index in [4.69, 9.17) is 33.0 Å². The van der Waals surface area contributed by atoms with Crippen LogP contribution in [0.3, 0.4) is 0 Å². The minimum atomic E-state index is -2.25. The second-order valence-electron chi connectivity index (χ2n) is 5.09. The predicted octanol–water partition coefficient (Wildman–Crippen LogP) is 2.62. The Morgan fingerprint density at radius 3 is 2.33 bits per heavy atom. The molecule has 0 radical (unpaired) electrons. The number of aliphatic carboxylic acids is 1. The fourth-order valence-electron chi connectivity index (χ4n) is 2.25. The zero-order chi connectivity index (χ0) is 17.9. The van der Waals surface area contributed by atoms with Crippen LogP contribution in [0.25, 0.3) is 0 Å². The molecule has 2 rings (SSSR count). The van der Waals surface area contributed by atoms with Gasteiger partial charge in [0, 0.05) is 6.04 Å². The van der Waals surface area contributed by atoms with Crippen LogP contribution in [0.2, 0.25) is 10.0 Å². The number of benzene rings is 1. The molecular weight excluding hydrogens is 377 g/mol. The lowest BCUT2D eigenvalue weighted by Gasteiger charge is -2.30. The molecule has 134 valence electrons. The van der Waals surface area contributed by atoms with Crippen LogP contribution in [0.15, 0.2) is 24.3 Å². The van der Waals surface area contributed by atoms with Crippen LogP contribution in [0, 0.1) is 0 Å². The van der Waals surface area contributed by atoms with Crippen molar-refractivity contribution in [1.82, 2.24) is 5.32 Å². The lowest BCUT2D eigenvalue weighted by atomic mass is 9.92. The van der Waals surface area contributed by atoms with Crippen LogP contribution >= 0.6 is 23.2 Å². The second kappa shape index (κ2) is 11.4. The summed E-state index contributed by atoms with van der Waals surface area (Å²) in [5, 5.41) is 12.4. The first-order chi connectivity index (χ1) is 11.4. The second-order valence-corrected chi connectivity index (χ2v) is 6.66. The van der Waals surface area contributed by atoms with Crippen LogP contribution in [-0.4, -0.2) is 43.7 Å². The van der Waals surface area contributed by atoms with E-state index in [1.807, 2.05) is 12.1 Å². The molecule has 0 spiro atoms. The molecule has 2 atom stereocenters. The van der Waals surface area contributed by atoms with E-state index in [0.717, 1.165) is 31.2 Å². The molecule has 6 nitrogen and oxygen atoms in total. The van der Waals surface area contributed by atoms with Crippen molar-refractivity contribution in [2.45, 2.75) is 37.8 Å². The Labute approximate surface area is 152 Å². The van der Waals surface area contributed by atoms with Gasteiger partial charge in [-0.2, -0.15) is 8.42 Å². The highest BCUT2D eigenvalue weighted by Gasteiger charge is 2.25. The number of carboxylic acid groups (broad SMARTS) is 1. The Balaban J connectivity index is 0.000000300. The lowest BCUT2D eigenvalue weighted by molar-refractivity contribution is -0.145. The van der Waals surface area contributed by atoms with Crippen molar-refractivity contribution in [3.8, 4) is 0 Å². The van der Waals surface area contributed by atoms with E-state index in [-0.39, 0.29) is 18.8 Å². The van der Waals surface area contributed by atoms with Crippen LogP contribution in [-0.2, 0) is 19.8 Å². The first-order valence-corrected chi connectivity index (χ1v) is 9.20. The number of hydrogen-bond acceptors (Lipinski definition) is 4. The maximum atomic E-state index is 10.4. The molecule has 1 aromatic carbocycles. The molecule has 1 saturated carbocycles. The number of nitrogens with one attached hydrogen (secondary N) is 1. The van der Waals surface area contributed by atoms with Crippen molar-refractivity contribution in [3.05, 3.63) is 34.3 Å². The van der Waals surface area contributed by atoms with Gasteiger partial charge in [-0.25, -0.2) is 4.79 Å². The summed E-state index contributed by atoms with van der Waals surface area (Å²) in [6, 6.07) is 7.07. The highest BCUT2D eigenvalue weighted by molar-refractivity contribution is 7.71. The van der Waals surface area contributed by atoms with Crippen molar-refractivity contribution < 1.29 is 23.1 Å². The molecule has 0 saturated heterocycles. The zero-order valence-corrected chi connectivity index (χ0v) is 15.1. The van der Waals surface area contributed by atoms with Crippen LogP contribution in [0.4, 0.5) is 0 Å². The summed E-state index contributed by atoms with van der Waals surface area (Å²) < 4.78 is 25.9. The molecule has 1 aliphatic carbocycles. The van der Waals surface area contributed by atoms with Crippen LogP contribution in [0.5, 0.6) is 0 Å². The molecule has 0 bridgehead atoms. The van der Waals surface area contributed by atoms with E-state index < -0.39 is 16.3 Å². The molecule has 0 aliphatic heterocycles. The average Bonchev–Trinajstić information content (AvgIpc) is 2.55. The molecule has 2 unspecified atom stereocenters. The van der Waals surface area contributed by atoms with Gasteiger partial charge < -0.3 is 9.84 Å². The quantitative estimate of drug-likeness (QED) is 0.744. The molecule has 9 heteroatoms. The van der Waals surface area contributed by atoms with Gasteiger partial charge in [0.15, 0.2) is 0 Å². The first-order valence-electron chi connectivity index (χ1n) is 7.31. The smallest absolute Gasteiger partial charge is 0.329 e. The maximum Gasteiger partial charge on any atom is 0.329 e. The monoisotopic (exact) mass is 395 g/mol. The van der Waals surface area contributed by atoms with Gasteiger partial charge in [0.1, 0.15) is 6.61 Å². The summed E-state index contributed by atoms with van der Waals surface area (Å²) in [7, 11) is -2.25. The van der Waals surface area contributed by atoms with E-state index in [1.54, 1.807) is 12.1 Å². The number of carboxylic acids is 1. The van der Waals surface area contributed by atoms with Crippen molar-refractivity contribution >= 4 is 45.0 Å².